The number of alkyl halides is 6. The second kappa shape index (κ2) is 10.9. The second-order valence-corrected chi connectivity index (χ2v) is 9.29. The minimum atomic E-state index is -6.00. The number of nitro groups is 1. The van der Waals surface area contributed by atoms with E-state index < -0.39 is 28.4 Å². The van der Waals surface area contributed by atoms with Crippen LogP contribution in [0.5, 0.6) is 0 Å². The molecule has 4 rings (SSSR count). The fourth-order valence-corrected chi connectivity index (χ4v) is 4.53. The van der Waals surface area contributed by atoms with Gasteiger partial charge in [0.25, 0.3) is 11.3 Å². The Morgan fingerprint density at radius 1 is 0.795 bits per heavy atom. The van der Waals surface area contributed by atoms with Crippen LogP contribution in [0.25, 0.3) is 11.1 Å². The van der Waals surface area contributed by atoms with E-state index in [1.54, 1.807) is 12.4 Å². The third-order valence-electron chi connectivity index (χ3n) is 6.75. The SMILES string of the molecule is O=[N+]([O-])c1cc(-c2ccc(C(O)(C(F)(F)F)C(F)(F)F)cc2)ccc1CN1CCN(Cc2ccncc2)CC1. The summed E-state index contributed by atoms with van der Waals surface area (Å²) < 4.78 is 78.9. The van der Waals surface area contributed by atoms with E-state index in [0.717, 1.165) is 37.3 Å². The predicted octanol–water partition coefficient (Wildman–Crippen LogP) is 5.29. The first-order valence-electron chi connectivity index (χ1n) is 11.9. The highest BCUT2D eigenvalue weighted by molar-refractivity contribution is 5.68. The average Bonchev–Trinajstić information content (AvgIpc) is 2.89. The molecule has 0 unspecified atom stereocenters. The predicted molar refractivity (Wildman–Crippen MR) is 129 cm³/mol. The normalized spacial score (nSPS) is 15.9. The van der Waals surface area contributed by atoms with Gasteiger partial charge in [-0.25, -0.2) is 0 Å². The van der Waals surface area contributed by atoms with Crippen molar-refractivity contribution in [1.29, 1.82) is 0 Å². The highest BCUT2D eigenvalue weighted by Crippen LogP contribution is 2.50. The van der Waals surface area contributed by atoms with Crippen LogP contribution in [-0.4, -0.2) is 63.3 Å². The van der Waals surface area contributed by atoms with Gasteiger partial charge in [-0.2, -0.15) is 26.3 Å². The molecular formula is C26H24F6N4O3. The molecule has 1 saturated heterocycles. The van der Waals surface area contributed by atoms with Gasteiger partial charge >= 0.3 is 12.4 Å². The number of nitrogens with zero attached hydrogens (tertiary/aromatic N) is 4. The zero-order chi connectivity index (χ0) is 28.4. The van der Waals surface area contributed by atoms with Crippen molar-refractivity contribution in [3.8, 4) is 11.1 Å². The van der Waals surface area contributed by atoms with Crippen LogP contribution in [-0.2, 0) is 18.7 Å². The monoisotopic (exact) mass is 554 g/mol. The molecule has 0 bridgehead atoms. The Balaban J connectivity index is 1.48. The standard InChI is InChI=1S/C26H24F6N4O3/c27-25(28,29)24(37,26(30,31)32)22-5-3-19(4-6-22)20-1-2-21(23(15-20)36(38)39)17-35-13-11-34(12-14-35)16-18-7-9-33-10-8-18/h1-10,15,37H,11-14,16-17H2. The first-order valence-corrected chi connectivity index (χ1v) is 11.9. The number of hydrogen-bond acceptors (Lipinski definition) is 6. The summed E-state index contributed by atoms with van der Waals surface area (Å²) in [7, 11) is 0. The van der Waals surface area contributed by atoms with E-state index in [1.165, 1.54) is 18.2 Å². The highest BCUT2D eigenvalue weighted by atomic mass is 19.4. The van der Waals surface area contributed by atoms with Crippen LogP contribution in [0.2, 0.25) is 0 Å². The van der Waals surface area contributed by atoms with E-state index in [0.29, 0.717) is 37.3 Å². The number of nitro benzene ring substituents is 1. The largest absolute Gasteiger partial charge is 0.430 e. The Morgan fingerprint density at radius 2 is 1.31 bits per heavy atom. The number of halogens is 6. The molecule has 1 N–H and O–H groups in total. The number of aliphatic hydroxyl groups is 1. The molecule has 1 fully saturated rings. The number of pyridine rings is 1. The molecule has 0 spiro atoms. The first-order chi connectivity index (χ1) is 18.3. The van der Waals surface area contributed by atoms with Gasteiger partial charge < -0.3 is 5.11 Å². The maximum Gasteiger partial charge on any atom is 0.430 e. The third kappa shape index (κ3) is 6.05. The van der Waals surface area contributed by atoms with Gasteiger partial charge in [0.1, 0.15) is 0 Å². The fourth-order valence-electron chi connectivity index (χ4n) is 4.53. The lowest BCUT2D eigenvalue weighted by atomic mass is 9.90. The smallest absolute Gasteiger partial charge is 0.369 e. The van der Waals surface area contributed by atoms with Gasteiger partial charge in [-0.15, -0.1) is 0 Å². The summed E-state index contributed by atoms with van der Waals surface area (Å²) >= 11 is 0. The Kier molecular flexibility index (Phi) is 7.96. The zero-order valence-corrected chi connectivity index (χ0v) is 20.4. The van der Waals surface area contributed by atoms with E-state index in [4.69, 9.17) is 0 Å². The lowest BCUT2D eigenvalue weighted by Gasteiger charge is -2.34. The van der Waals surface area contributed by atoms with Crippen LogP contribution in [0.1, 0.15) is 16.7 Å². The molecule has 208 valence electrons. The van der Waals surface area contributed by atoms with Gasteiger partial charge in [-0.05, 0) is 28.8 Å². The third-order valence-corrected chi connectivity index (χ3v) is 6.75. The van der Waals surface area contributed by atoms with E-state index in [2.05, 4.69) is 14.8 Å². The molecule has 13 heteroatoms. The van der Waals surface area contributed by atoms with Crippen LogP contribution in [0, 0.1) is 10.1 Å². The maximum absolute atomic E-state index is 13.2. The molecule has 39 heavy (non-hydrogen) atoms. The van der Waals surface area contributed by atoms with E-state index in [1.807, 2.05) is 12.1 Å². The summed E-state index contributed by atoms with van der Waals surface area (Å²) in [6.45, 7) is 3.99. The fraction of sp³-hybridized carbons (Fsp3) is 0.346. The van der Waals surface area contributed by atoms with Crippen LogP contribution in [0.15, 0.2) is 67.0 Å². The summed E-state index contributed by atoms with van der Waals surface area (Å²) in [5.74, 6) is 0. The number of aromatic nitrogens is 1. The molecule has 1 aliphatic rings. The molecule has 0 atom stereocenters. The van der Waals surface area contributed by atoms with E-state index >= 15 is 0 Å². The van der Waals surface area contributed by atoms with Gasteiger partial charge in [-0.3, -0.25) is 24.9 Å². The molecule has 0 radical (unpaired) electrons. The van der Waals surface area contributed by atoms with Crippen LogP contribution >= 0.6 is 0 Å². The zero-order valence-electron chi connectivity index (χ0n) is 20.4. The summed E-state index contributed by atoms with van der Waals surface area (Å²) in [6, 6.07) is 11.1. The van der Waals surface area contributed by atoms with Crippen molar-refractivity contribution >= 4 is 5.69 Å². The highest BCUT2D eigenvalue weighted by Gasteiger charge is 2.71. The topological polar surface area (TPSA) is 82.7 Å². The van der Waals surface area contributed by atoms with Crippen molar-refractivity contribution in [2.24, 2.45) is 0 Å². The Morgan fingerprint density at radius 3 is 1.82 bits per heavy atom. The molecule has 0 saturated carbocycles. The molecular weight excluding hydrogens is 530 g/mol. The molecule has 1 aliphatic heterocycles. The minimum Gasteiger partial charge on any atom is -0.369 e. The van der Waals surface area contributed by atoms with Crippen molar-refractivity contribution in [3.05, 3.63) is 93.8 Å². The van der Waals surface area contributed by atoms with Crippen LogP contribution in [0.3, 0.4) is 0 Å². The Hall–Kier alpha value is -3.55. The molecule has 2 aromatic carbocycles. The molecule has 0 amide bonds. The van der Waals surface area contributed by atoms with Crippen molar-refractivity contribution < 1.29 is 36.4 Å². The van der Waals surface area contributed by atoms with Gasteiger partial charge in [0.05, 0.1) is 4.92 Å². The van der Waals surface area contributed by atoms with Crippen molar-refractivity contribution in [3.63, 3.8) is 0 Å². The summed E-state index contributed by atoms with van der Waals surface area (Å²) in [6.07, 6.45) is -8.54. The summed E-state index contributed by atoms with van der Waals surface area (Å²) in [4.78, 5) is 19.6. The van der Waals surface area contributed by atoms with Gasteiger partial charge in [0, 0.05) is 68.9 Å². The quantitative estimate of drug-likeness (QED) is 0.243. The average molecular weight is 554 g/mol. The summed E-state index contributed by atoms with van der Waals surface area (Å²) in [5.41, 5.74) is -4.69. The number of piperazine rings is 1. The number of hydrogen-bond donors (Lipinski definition) is 1. The Bertz CT molecular complexity index is 1280. The first kappa shape index (κ1) is 28.5. The number of benzene rings is 2. The van der Waals surface area contributed by atoms with Crippen LogP contribution in [0.4, 0.5) is 32.0 Å². The van der Waals surface area contributed by atoms with Crippen LogP contribution < -0.4 is 0 Å². The molecule has 1 aromatic heterocycles. The summed E-state index contributed by atoms with van der Waals surface area (Å²) in [5, 5.41) is 21.4. The van der Waals surface area contributed by atoms with Crippen molar-refractivity contribution in [1.82, 2.24) is 14.8 Å². The minimum absolute atomic E-state index is 0.157. The van der Waals surface area contributed by atoms with E-state index in [-0.39, 0.29) is 16.8 Å². The van der Waals surface area contributed by atoms with Gasteiger partial charge in [0.2, 0.25) is 0 Å². The lowest BCUT2D eigenvalue weighted by Crippen LogP contribution is -2.53. The number of rotatable bonds is 7. The Labute approximate surface area is 219 Å². The van der Waals surface area contributed by atoms with Crippen molar-refractivity contribution in [2.45, 2.75) is 31.0 Å². The lowest BCUT2D eigenvalue weighted by molar-refractivity contribution is -0.385. The van der Waals surface area contributed by atoms with E-state index in [9.17, 15) is 41.6 Å². The second-order valence-electron chi connectivity index (χ2n) is 9.29. The molecule has 0 aliphatic carbocycles. The molecule has 7 nitrogen and oxygen atoms in total. The maximum atomic E-state index is 13.2. The van der Waals surface area contributed by atoms with Crippen molar-refractivity contribution in [2.75, 3.05) is 26.2 Å². The van der Waals surface area contributed by atoms with Gasteiger partial charge in [-0.1, -0.05) is 36.4 Å². The molecule has 3 aromatic rings. The van der Waals surface area contributed by atoms with Gasteiger partial charge in [0.15, 0.2) is 0 Å². The molecule has 2 heterocycles.